The summed E-state index contributed by atoms with van der Waals surface area (Å²) in [6.07, 6.45) is -1.45. The summed E-state index contributed by atoms with van der Waals surface area (Å²) in [7, 11) is 0. The van der Waals surface area contributed by atoms with Gasteiger partial charge in [-0.2, -0.15) is 0 Å². The minimum absolute atomic E-state index is 0.725. The average Bonchev–Trinajstić information content (AvgIpc) is 1.87. The van der Waals surface area contributed by atoms with Crippen LogP contribution in [0.25, 0.3) is 0 Å². The molecule has 3 N–H and O–H groups in total. The van der Waals surface area contributed by atoms with Gasteiger partial charge < -0.3 is 20.1 Å². The molecule has 0 aromatic carbocycles. The van der Waals surface area contributed by atoms with Crippen LogP contribution in [-0.2, 0) is 14.3 Å². The standard InChI is InChI=1S/C5H8O6/c6-1-3(5(9)10)11-2-4(7)8/h3,6H,1-2H2,(H,7,8)(H,9,10). The quantitative estimate of drug-likeness (QED) is 0.458. The number of ether oxygens (including phenoxy) is 1. The fourth-order valence-corrected chi connectivity index (χ4v) is 0.374. The van der Waals surface area contributed by atoms with Crippen molar-refractivity contribution in [3.8, 4) is 0 Å². The molecule has 0 saturated heterocycles. The van der Waals surface area contributed by atoms with Gasteiger partial charge in [-0.1, -0.05) is 0 Å². The first-order valence-corrected chi connectivity index (χ1v) is 2.75. The van der Waals surface area contributed by atoms with Gasteiger partial charge in [-0.25, -0.2) is 9.59 Å². The van der Waals surface area contributed by atoms with Gasteiger partial charge in [0.05, 0.1) is 6.61 Å². The lowest BCUT2D eigenvalue weighted by atomic mass is 10.4. The topological polar surface area (TPSA) is 104 Å². The third-order valence-electron chi connectivity index (χ3n) is 0.849. The second-order valence-electron chi connectivity index (χ2n) is 1.71. The molecular formula is C5H8O6. The third-order valence-corrected chi connectivity index (χ3v) is 0.849. The number of aliphatic hydroxyl groups is 1. The maximum Gasteiger partial charge on any atom is 0.335 e. The van der Waals surface area contributed by atoms with Gasteiger partial charge in [-0.05, 0) is 0 Å². The molecule has 0 aromatic rings. The third kappa shape index (κ3) is 4.29. The van der Waals surface area contributed by atoms with E-state index in [0.29, 0.717) is 0 Å². The monoisotopic (exact) mass is 164 g/mol. The summed E-state index contributed by atoms with van der Waals surface area (Å²) in [4.78, 5) is 19.9. The van der Waals surface area contributed by atoms with E-state index in [4.69, 9.17) is 15.3 Å². The van der Waals surface area contributed by atoms with Gasteiger partial charge >= 0.3 is 11.9 Å². The molecule has 0 bridgehead atoms. The molecule has 0 aliphatic heterocycles. The smallest absolute Gasteiger partial charge is 0.335 e. The van der Waals surface area contributed by atoms with Gasteiger partial charge in [0.15, 0.2) is 6.10 Å². The fourth-order valence-electron chi connectivity index (χ4n) is 0.374. The number of hydrogen-bond donors (Lipinski definition) is 3. The zero-order valence-corrected chi connectivity index (χ0v) is 5.56. The molecule has 0 spiro atoms. The van der Waals surface area contributed by atoms with Crippen molar-refractivity contribution >= 4 is 11.9 Å². The van der Waals surface area contributed by atoms with Crippen LogP contribution in [0.15, 0.2) is 0 Å². The Morgan fingerprint density at radius 1 is 1.36 bits per heavy atom. The van der Waals surface area contributed by atoms with Gasteiger partial charge in [-0.15, -0.1) is 0 Å². The van der Waals surface area contributed by atoms with Crippen molar-refractivity contribution in [1.82, 2.24) is 0 Å². The number of carbonyl (C=O) groups is 2. The average molecular weight is 164 g/mol. The molecule has 1 unspecified atom stereocenters. The van der Waals surface area contributed by atoms with E-state index in [9.17, 15) is 9.59 Å². The van der Waals surface area contributed by atoms with Gasteiger partial charge in [0.25, 0.3) is 0 Å². The van der Waals surface area contributed by atoms with E-state index in [0.717, 1.165) is 0 Å². The Hall–Kier alpha value is -1.14. The van der Waals surface area contributed by atoms with E-state index in [2.05, 4.69) is 4.74 Å². The lowest BCUT2D eigenvalue weighted by Crippen LogP contribution is -2.29. The molecule has 0 heterocycles. The van der Waals surface area contributed by atoms with Gasteiger partial charge in [0.2, 0.25) is 0 Å². The first-order chi connectivity index (χ1) is 5.07. The number of carboxylic acids is 2. The molecule has 0 aliphatic carbocycles. The largest absolute Gasteiger partial charge is 0.480 e. The first kappa shape index (κ1) is 9.86. The van der Waals surface area contributed by atoms with Crippen LogP contribution in [0, 0.1) is 0 Å². The summed E-state index contributed by atoms with van der Waals surface area (Å²) in [5, 5.41) is 24.6. The maximum absolute atomic E-state index is 10.1. The molecule has 0 fully saturated rings. The Labute approximate surface area is 62.0 Å². The number of aliphatic hydroxyl groups excluding tert-OH is 1. The Kier molecular flexibility index (Phi) is 4.16. The first-order valence-electron chi connectivity index (χ1n) is 2.75. The van der Waals surface area contributed by atoms with Gasteiger partial charge in [0.1, 0.15) is 6.61 Å². The number of hydrogen-bond acceptors (Lipinski definition) is 4. The van der Waals surface area contributed by atoms with Crippen molar-refractivity contribution in [3.05, 3.63) is 0 Å². The van der Waals surface area contributed by atoms with E-state index in [1.54, 1.807) is 0 Å². The predicted molar refractivity (Wildman–Crippen MR) is 32.1 cm³/mol. The number of aliphatic carboxylic acids is 2. The highest BCUT2D eigenvalue weighted by molar-refractivity contribution is 5.73. The summed E-state index contributed by atoms with van der Waals surface area (Å²) in [6, 6.07) is 0. The molecule has 0 rings (SSSR count). The molecule has 6 nitrogen and oxygen atoms in total. The van der Waals surface area contributed by atoms with Crippen LogP contribution >= 0.6 is 0 Å². The second-order valence-corrected chi connectivity index (χ2v) is 1.71. The molecule has 0 aliphatic rings. The van der Waals surface area contributed by atoms with Crippen LogP contribution in [-0.4, -0.2) is 46.6 Å². The number of carboxylic acid groups (broad SMARTS) is 2. The molecule has 1 atom stereocenters. The summed E-state index contributed by atoms with van der Waals surface area (Å²) in [6.45, 7) is -1.46. The van der Waals surface area contributed by atoms with Gasteiger partial charge in [-0.3, -0.25) is 0 Å². The molecule has 64 valence electrons. The van der Waals surface area contributed by atoms with Crippen molar-refractivity contribution < 1.29 is 29.6 Å². The van der Waals surface area contributed by atoms with Crippen molar-refractivity contribution in [2.24, 2.45) is 0 Å². The SMILES string of the molecule is O=C(O)COC(CO)C(=O)O. The summed E-state index contributed by atoms with van der Waals surface area (Å²) in [5.41, 5.74) is 0. The molecule has 0 amide bonds. The van der Waals surface area contributed by atoms with Crippen molar-refractivity contribution in [2.45, 2.75) is 6.10 Å². The minimum Gasteiger partial charge on any atom is -0.480 e. The highest BCUT2D eigenvalue weighted by Crippen LogP contribution is 1.90. The van der Waals surface area contributed by atoms with Crippen molar-refractivity contribution in [3.63, 3.8) is 0 Å². The lowest BCUT2D eigenvalue weighted by Gasteiger charge is -2.07. The lowest BCUT2D eigenvalue weighted by molar-refractivity contribution is -0.158. The molecule has 6 heteroatoms. The zero-order valence-electron chi connectivity index (χ0n) is 5.56. The molecule has 0 saturated carbocycles. The summed E-state index contributed by atoms with van der Waals surface area (Å²) < 4.78 is 4.27. The van der Waals surface area contributed by atoms with Crippen LogP contribution in [0.2, 0.25) is 0 Å². The van der Waals surface area contributed by atoms with Crippen LogP contribution in [0.3, 0.4) is 0 Å². The van der Waals surface area contributed by atoms with Crippen molar-refractivity contribution in [2.75, 3.05) is 13.2 Å². The molecule has 11 heavy (non-hydrogen) atoms. The fraction of sp³-hybridized carbons (Fsp3) is 0.600. The number of rotatable bonds is 5. The summed E-state index contributed by atoms with van der Waals surface area (Å²) in [5.74, 6) is -2.65. The summed E-state index contributed by atoms with van der Waals surface area (Å²) >= 11 is 0. The molecular weight excluding hydrogens is 156 g/mol. The maximum atomic E-state index is 10.1. The molecule has 0 radical (unpaired) electrons. The normalized spacial score (nSPS) is 12.5. The van der Waals surface area contributed by atoms with Gasteiger partial charge in [0, 0.05) is 0 Å². The Bertz CT molecular complexity index is 153. The van der Waals surface area contributed by atoms with E-state index >= 15 is 0 Å². The van der Waals surface area contributed by atoms with Crippen molar-refractivity contribution in [1.29, 1.82) is 0 Å². The highest BCUT2D eigenvalue weighted by atomic mass is 16.5. The highest BCUT2D eigenvalue weighted by Gasteiger charge is 2.17. The van der Waals surface area contributed by atoms with Crippen LogP contribution in [0.4, 0.5) is 0 Å². The van der Waals surface area contributed by atoms with Crippen LogP contribution in [0.1, 0.15) is 0 Å². The Balaban J connectivity index is 3.70. The zero-order chi connectivity index (χ0) is 8.85. The van der Waals surface area contributed by atoms with E-state index in [-0.39, 0.29) is 0 Å². The predicted octanol–water partition coefficient (Wildman–Crippen LogP) is -1.47. The minimum atomic E-state index is -1.45. The van der Waals surface area contributed by atoms with E-state index in [1.165, 1.54) is 0 Å². The Morgan fingerprint density at radius 3 is 2.18 bits per heavy atom. The van der Waals surface area contributed by atoms with E-state index in [1.807, 2.05) is 0 Å². The van der Waals surface area contributed by atoms with E-state index < -0.39 is 31.3 Å². The van der Waals surface area contributed by atoms with Crippen LogP contribution in [0.5, 0.6) is 0 Å². The second kappa shape index (κ2) is 4.64. The van der Waals surface area contributed by atoms with Crippen LogP contribution < -0.4 is 0 Å². The Morgan fingerprint density at radius 2 is 1.91 bits per heavy atom. The molecule has 0 aromatic heterocycles.